The lowest BCUT2D eigenvalue weighted by atomic mass is 10.2. The van der Waals surface area contributed by atoms with Crippen LogP contribution in [0.4, 0.5) is 5.69 Å². The smallest absolute Gasteiger partial charge is 0.266 e. The molecule has 1 aliphatic rings. The fourth-order valence-corrected chi connectivity index (χ4v) is 3.03. The number of imide groups is 1. The van der Waals surface area contributed by atoms with Crippen LogP contribution in [0.25, 0.3) is 0 Å². The number of amides is 3. The number of carbonyl (C=O) groups excluding carboxylic acids is 3. The highest BCUT2D eigenvalue weighted by Gasteiger charge is 2.39. The molecule has 30 heavy (non-hydrogen) atoms. The van der Waals surface area contributed by atoms with E-state index in [1.807, 2.05) is 30.3 Å². The van der Waals surface area contributed by atoms with Gasteiger partial charge in [0, 0.05) is 12.4 Å². The molecule has 1 unspecified atom stereocenters. The van der Waals surface area contributed by atoms with E-state index in [0.29, 0.717) is 22.7 Å². The lowest BCUT2D eigenvalue weighted by Gasteiger charge is -2.16. The lowest BCUT2D eigenvalue weighted by molar-refractivity contribution is -0.121. The molecule has 0 spiro atoms. The van der Waals surface area contributed by atoms with E-state index in [2.05, 4.69) is 15.8 Å². The second kappa shape index (κ2) is 8.54. The Balaban J connectivity index is 1.39. The molecule has 8 heteroatoms. The molecule has 0 bridgehead atoms. The van der Waals surface area contributed by atoms with Gasteiger partial charge >= 0.3 is 0 Å². The molecule has 0 aliphatic carbocycles. The molecule has 1 fully saturated rings. The van der Waals surface area contributed by atoms with Crippen LogP contribution >= 0.6 is 0 Å². The first-order chi connectivity index (χ1) is 14.6. The van der Waals surface area contributed by atoms with Crippen molar-refractivity contribution in [1.29, 1.82) is 0 Å². The van der Waals surface area contributed by atoms with Gasteiger partial charge in [0.2, 0.25) is 5.91 Å². The Bertz CT molecular complexity index is 1060. The summed E-state index contributed by atoms with van der Waals surface area (Å²) in [6.45, 7) is 0. The molecule has 0 radical (unpaired) electrons. The first-order valence-corrected chi connectivity index (χ1v) is 9.27. The van der Waals surface area contributed by atoms with Crippen molar-refractivity contribution in [2.45, 2.75) is 12.5 Å². The Morgan fingerprint density at radius 2 is 1.70 bits per heavy atom. The molecule has 2 aromatic carbocycles. The van der Waals surface area contributed by atoms with Crippen molar-refractivity contribution in [3.05, 3.63) is 84.7 Å². The molecule has 1 aliphatic heterocycles. The fourth-order valence-electron chi connectivity index (χ4n) is 3.03. The van der Waals surface area contributed by atoms with Gasteiger partial charge in [-0.2, -0.15) is 0 Å². The lowest BCUT2D eigenvalue weighted by Crippen LogP contribution is -2.48. The number of rotatable bonds is 6. The molecular formula is C22H18N4O4. The zero-order chi connectivity index (χ0) is 20.9. The molecule has 150 valence electrons. The Morgan fingerprint density at radius 1 is 0.967 bits per heavy atom. The molecule has 8 nitrogen and oxygen atoms in total. The monoisotopic (exact) mass is 402 g/mol. The highest BCUT2D eigenvalue weighted by molar-refractivity contribution is 6.22. The SMILES string of the molecule is O=C(NNC1CC(=O)N(c2ccc(Oc3ccccc3)cc2)C1=O)c1cccnc1. The Hall–Kier alpha value is -4.04. The van der Waals surface area contributed by atoms with Gasteiger partial charge in [-0.25, -0.2) is 10.3 Å². The first kappa shape index (κ1) is 19.3. The number of hydrazine groups is 1. The number of ether oxygens (including phenoxy) is 1. The van der Waals surface area contributed by atoms with Gasteiger partial charge in [0.1, 0.15) is 17.5 Å². The third-order valence-electron chi connectivity index (χ3n) is 4.50. The zero-order valence-electron chi connectivity index (χ0n) is 15.8. The number of hydrogen-bond acceptors (Lipinski definition) is 6. The molecule has 3 aromatic rings. The Morgan fingerprint density at radius 3 is 2.40 bits per heavy atom. The average molecular weight is 402 g/mol. The van der Waals surface area contributed by atoms with Gasteiger partial charge in [0.15, 0.2) is 0 Å². The summed E-state index contributed by atoms with van der Waals surface area (Å²) in [6.07, 6.45) is 2.90. The maximum absolute atomic E-state index is 12.7. The molecule has 3 amide bonds. The normalized spacial score (nSPS) is 15.9. The van der Waals surface area contributed by atoms with Crippen molar-refractivity contribution in [3.8, 4) is 11.5 Å². The first-order valence-electron chi connectivity index (χ1n) is 9.27. The van der Waals surface area contributed by atoms with Crippen molar-refractivity contribution in [1.82, 2.24) is 15.8 Å². The van der Waals surface area contributed by atoms with E-state index in [4.69, 9.17) is 4.74 Å². The summed E-state index contributed by atoms with van der Waals surface area (Å²) in [4.78, 5) is 42.1. The highest BCUT2D eigenvalue weighted by Crippen LogP contribution is 2.27. The van der Waals surface area contributed by atoms with Crippen LogP contribution in [0.2, 0.25) is 0 Å². The van der Waals surface area contributed by atoms with E-state index in [1.54, 1.807) is 42.6 Å². The van der Waals surface area contributed by atoms with Gasteiger partial charge in [-0.3, -0.25) is 24.8 Å². The Labute approximate surface area is 172 Å². The van der Waals surface area contributed by atoms with Gasteiger partial charge in [-0.05, 0) is 48.5 Å². The number of para-hydroxylation sites is 1. The van der Waals surface area contributed by atoms with Crippen LogP contribution in [0.15, 0.2) is 79.1 Å². The van der Waals surface area contributed by atoms with Gasteiger partial charge in [-0.1, -0.05) is 18.2 Å². The minimum atomic E-state index is -0.849. The predicted molar refractivity (Wildman–Crippen MR) is 109 cm³/mol. The molecule has 1 saturated heterocycles. The summed E-state index contributed by atoms with van der Waals surface area (Å²) in [7, 11) is 0. The van der Waals surface area contributed by atoms with Crippen LogP contribution in [-0.2, 0) is 9.59 Å². The average Bonchev–Trinajstić information content (AvgIpc) is 3.07. The van der Waals surface area contributed by atoms with Gasteiger partial charge < -0.3 is 4.74 Å². The standard InChI is InChI=1S/C22H18N4O4/c27-20-13-19(24-25-21(28)15-5-4-12-23-14-15)22(29)26(20)16-8-10-18(11-9-16)30-17-6-2-1-3-7-17/h1-12,14,19,24H,13H2,(H,25,28). The minimum absolute atomic E-state index is 0.0611. The van der Waals surface area contributed by atoms with E-state index in [9.17, 15) is 14.4 Å². The van der Waals surface area contributed by atoms with Crippen LogP contribution in [0, 0.1) is 0 Å². The van der Waals surface area contributed by atoms with Crippen molar-refractivity contribution < 1.29 is 19.1 Å². The molecular weight excluding hydrogens is 384 g/mol. The summed E-state index contributed by atoms with van der Waals surface area (Å²) in [5, 5.41) is 0. The topological polar surface area (TPSA) is 101 Å². The number of carbonyl (C=O) groups is 3. The van der Waals surface area contributed by atoms with E-state index >= 15 is 0 Å². The Kier molecular flexibility index (Phi) is 5.49. The van der Waals surface area contributed by atoms with E-state index < -0.39 is 17.9 Å². The maximum Gasteiger partial charge on any atom is 0.266 e. The number of nitrogens with one attached hydrogen (secondary N) is 2. The summed E-state index contributed by atoms with van der Waals surface area (Å²) in [5.41, 5.74) is 5.87. The molecule has 1 atom stereocenters. The third-order valence-corrected chi connectivity index (χ3v) is 4.50. The molecule has 2 heterocycles. The number of pyridine rings is 1. The predicted octanol–water partition coefficient (Wildman–Crippen LogP) is 2.44. The number of nitrogens with zero attached hydrogens (tertiary/aromatic N) is 2. The van der Waals surface area contributed by atoms with Gasteiger partial charge in [0.25, 0.3) is 11.8 Å². The van der Waals surface area contributed by atoms with Crippen LogP contribution < -0.4 is 20.5 Å². The fraction of sp³-hybridized carbons (Fsp3) is 0.0909. The third kappa shape index (κ3) is 4.18. The van der Waals surface area contributed by atoms with Crippen LogP contribution in [0.5, 0.6) is 11.5 Å². The number of benzene rings is 2. The summed E-state index contributed by atoms with van der Waals surface area (Å²) in [5.74, 6) is 0.0342. The summed E-state index contributed by atoms with van der Waals surface area (Å²) < 4.78 is 5.72. The minimum Gasteiger partial charge on any atom is -0.457 e. The molecule has 2 N–H and O–H groups in total. The quantitative estimate of drug-likeness (QED) is 0.485. The van der Waals surface area contributed by atoms with E-state index in [-0.39, 0.29) is 12.3 Å². The molecule has 4 rings (SSSR count). The van der Waals surface area contributed by atoms with Crippen molar-refractivity contribution >= 4 is 23.4 Å². The second-order valence-electron chi connectivity index (χ2n) is 6.57. The van der Waals surface area contributed by atoms with E-state index in [0.717, 1.165) is 4.90 Å². The summed E-state index contributed by atoms with van der Waals surface area (Å²) in [6, 6.07) is 18.3. The maximum atomic E-state index is 12.7. The van der Waals surface area contributed by atoms with Crippen molar-refractivity contribution in [2.24, 2.45) is 0 Å². The van der Waals surface area contributed by atoms with Crippen LogP contribution in [0.3, 0.4) is 0 Å². The van der Waals surface area contributed by atoms with Crippen molar-refractivity contribution in [3.63, 3.8) is 0 Å². The number of aromatic nitrogens is 1. The molecule has 0 saturated carbocycles. The van der Waals surface area contributed by atoms with Crippen molar-refractivity contribution in [2.75, 3.05) is 4.90 Å². The van der Waals surface area contributed by atoms with Gasteiger partial charge in [-0.15, -0.1) is 0 Å². The largest absolute Gasteiger partial charge is 0.457 e. The zero-order valence-corrected chi connectivity index (χ0v) is 15.8. The van der Waals surface area contributed by atoms with E-state index in [1.165, 1.54) is 6.20 Å². The molecule has 1 aromatic heterocycles. The summed E-state index contributed by atoms with van der Waals surface area (Å²) >= 11 is 0. The number of hydrogen-bond donors (Lipinski definition) is 2. The number of anilines is 1. The van der Waals surface area contributed by atoms with Crippen LogP contribution in [-0.4, -0.2) is 28.7 Å². The second-order valence-corrected chi connectivity index (χ2v) is 6.57. The highest BCUT2D eigenvalue weighted by atomic mass is 16.5. The van der Waals surface area contributed by atoms with Crippen LogP contribution in [0.1, 0.15) is 16.8 Å². The van der Waals surface area contributed by atoms with Gasteiger partial charge in [0.05, 0.1) is 17.7 Å².